The summed E-state index contributed by atoms with van der Waals surface area (Å²) >= 11 is 3.28. The fourth-order valence-electron chi connectivity index (χ4n) is 1.03. The third kappa shape index (κ3) is 1.40. The topological polar surface area (TPSA) is 90.7 Å². The van der Waals surface area contributed by atoms with Crippen molar-refractivity contribution in [1.82, 2.24) is 15.0 Å². The van der Waals surface area contributed by atoms with E-state index in [9.17, 15) is 0 Å². The standard InChI is InChI=1S/C7H6BrN5/c8-3-1-4-5(9)12-7(10)13-6(4)11-2-3/h1-2H,(H4,9,10,11,12,13). The van der Waals surface area contributed by atoms with Crippen molar-refractivity contribution in [3.63, 3.8) is 0 Å². The quantitative estimate of drug-likeness (QED) is 0.715. The van der Waals surface area contributed by atoms with Gasteiger partial charge in [-0.3, -0.25) is 0 Å². The number of anilines is 2. The molecule has 0 unspecified atom stereocenters. The van der Waals surface area contributed by atoms with Crippen LogP contribution in [0.1, 0.15) is 0 Å². The lowest BCUT2D eigenvalue weighted by Crippen LogP contribution is -2.01. The largest absolute Gasteiger partial charge is 0.383 e. The summed E-state index contributed by atoms with van der Waals surface area (Å²) in [6.45, 7) is 0. The van der Waals surface area contributed by atoms with Crippen molar-refractivity contribution in [3.8, 4) is 0 Å². The van der Waals surface area contributed by atoms with Crippen LogP contribution in [-0.4, -0.2) is 15.0 Å². The van der Waals surface area contributed by atoms with Crippen molar-refractivity contribution in [2.45, 2.75) is 0 Å². The van der Waals surface area contributed by atoms with Crippen LogP contribution in [0, 0.1) is 0 Å². The van der Waals surface area contributed by atoms with Crippen LogP contribution in [0.3, 0.4) is 0 Å². The van der Waals surface area contributed by atoms with E-state index in [-0.39, 0.29) is 5.95 Å². The summed E-state index contributed by atoms with van der Waals surface area (Å²) in [5.41, 5.74) is 11.6. The molecule has 0 aromatic carbocycles. The van der Waals surface area contributed by atoms with Gasteiger partial charge in [0.15, 0.2) is 5.65 Å². The Morgan fingerprint density at radius 2 is 2.00 bits per heavy atom. The summed E-state index contributed by atoms with van der Waals surface area (Å²) in [5, 5.41) is 0.698. The van der Waals surface area contributed by atoms with Gasteiger partial charge in [-0.05, 0) is 22.0 Å². The first-order valence-electron chi connectivity index (χ1n) is 3.51. The van der Waals surface area contributed by atoms with Gasteiger partial charge in [-0.1, -0.05) is 0 Å². The third-order valence-electron chi connectivity index (χ3n) is 1.56. The Morgan fingerprint density at radius 1 is 1.23 bits per heavy atom. The Hall–Kier alpha value is -1.43. The van der Waals surface area contributed by atoms with E-state index in [1.54, 1.807) is 12.3 Å². The lowest BCUT2D eigenvalue weighted by Gasteiger charge is -2.00. The van der Waals surface area contributed by atoms with Crippen molar-refractivity contribution in [3.05, 3.63) is 16.7 Å². The van der Waals surface area contributed by atoms with E-state index in [4.69, 9.17) is 11.5 Å². The van der Waals surface area contributed by atoms with Crippen LogP contribution in [0.2, 0.25) is 0 Å². The molecule has 2 rings (SSSR count). The molecule has 0 spiro atoms. The average molecular weight is 240 g/mol. The van der Waals surface area contributed by atoms with Gasteiger partial charge in [0.2, 0.25) is 5.95 Å². The number of nitrogens with two attached hydrogens (primary N) is 2. The highest BCUT2D eigenvalue weighted by Gasteiger charge is 2.03. The molecule has 13 heavy (non-hydrogen) atoms. The number of hydrogen-bond donors (Lipinski definition) is 2. The fourth-order valence-corrected chi connectivity index (χ4v) is 1.36. The Morgan fingerprint density at radius 3 is 2.77 bits per heavy atom. The predicted octanol–water partition coefficient (Wildman–Crippen LogP) is 0.952. The minimum Gasteiger partial charge on any atom is -0.383 e. The van der Waals surface area contributed by atoms with Crippen LogP contribution in [-0.2, 0) is 0 Å². The van der Waals surface area contributed by atoms with E-state index >= 15 is 0 Å². The second-order valence-electron chi connectivity index (χ2n) is 2.49. The molecule has 4 N–H and O–H groups in total. The van der Waals surface area contributed by atoms with E-state index in [2.05, 4.69) is 30.9 Å². The molecule has 0 aliphatic carbocycles. The smallest absolute Gasteiger partial charge is 0.224 e. The van der Waals surface area contributed by atoms with Gasteiger partial charge < -0.3 is 11.5 Å². The first kappa shape index (κ1) is 8.18. The molecule has 2 aromatic rings. The molecule has 5 nitrogen and oxygen atoms in total. The van der Waals surface area contributed by atoms with Crippen molar-refractivity contribution < 1.29 is 0 Å². The molecule has 2 aromatic heterocycles. The minimum absolute atomic E-state index is 0.139. The molecule has 2 heterocycles. The lowest BCUT2D eigenvalue weighted by molar-refractivity contribution is 1.20. The Kier molecular flexibility index (Phi) is 1.77. The van der Waals surface area contributed by atoms with E-state index < -0.39 is 0 Å². The van der Waals surface area contributed by atoms with Gasteiger partial charge in [-0.25, -0.2) is 4.98 Å². The van der Waals surface area contributed by atoms with Gasteiger partial charge in [-0.2, -0.15) is 9.97 Å². The second kappa shape index (κ2) is 2.81. The number of pyridine rings is 1. The predicted molar refractivity (Wildman–Crippen MR) is 53.9 cm³/mol. The molecule has 0 atom stereocenters. The second-order valence-corrected chi connectivity index (χ2v) is 3.41. The Balaban J connectivity index is 2.87. The number of nitrogens with zero attached hydrogens (tertiary/aromatic N) is 3. The zero-order valence-electron chi connectivity index (χ0n) is 6.53. The highest BCUT2D eigenvalue weighted by Crippen LogP contribution is 2.20. The van der Waals surface area contributed by atoms with Gasteiger partial charge in [0.1, 0.15) is 5.82 Å². The third-order valence-corrected chi connectivity index (χ3v) is 2.00. The molecule has 0 amide bonds. The summed E-state index contributed by atoms with van der Waals surface area (Å²) in [6, 6.07) is 1.80. The van der Waals surface area contributed by atoms with Gasteiger partial charge in [-0.15, -0.1) is 0 Å². The van der Waals surface area contributed by atoms with Crippen molar-refractivity contribution in [2.75, 3.05) is 11.5 Å². The van der Waals surface area contributed by atoms with Crippen LogP contribution >= 0.6 is 15.9 Å². The summed E-state index contributed by atoms with van der Waals surface area (Å²) in [5.74, 6) is 0.483. The molecule has 6 heteroatoms. The number of fused-ring (bicyclic) bond motifs is 1. The summed E-state index contributed by atoms with van der Waals surface area (Å²) in [4.78, 5) is 11.8. The molecule has 0 aliphatic rings. The summed E-state index contributed by atoms with van der Waals surface area (Å²) in [6.07, 6.45) is 1.63. The molecule has 0 saturated carbocycles. The average Bonchev–Trinajstić information content (AvgIpc) is 2.06. The fraction of sp³-hybridized carbons (Fsp3) is 0. The molecule has 66 valence electrons. The van der Waals surface area contributed by atoms with Crippen molar-refractivity contribution in [1.29, 1.82) is 0 Å². The number of nitrogen functional groups attached to an aromatic ring is 2. The highest BCUT2D eigenvalue weighted by molar-refractivity contribution is 9.10. The van der Waals surface area contributed by atoms with Crippen molar-refractivity contribution in [2.24, 2.45) is 0 Å². The highest BCUT2D eigenvalue weighted by atomic mass is 79.9. The zero-order valence-corrected chi connectivity index (χ0v) is 8.12. The maximum absolute atomic E-state index is 5.63. The zero-order chi connectivity index (χ0) is 9.42. The maximum Gasteiger partial charge on any atom is 0.224 e. The SMILES string of the molecule is Nc1nc(N)c2cc(Br)cnc2n1. The molecule has 0 bridgehead atoms. The summed E-state index contributed by atoms with van der Waals surface area (Å²) < 4.78 is 0.833. The van der Waals surface area contributed by atoms with Gasteiger partial charge in [0.05, 0.1) is 5.39 Å². The first-order valence-corrected chi connectivity index (χ1v) is 4.30. The first-order chi connectivity index (χ1) is 6.16. The van der Waals surface area contributed by atoms with E-state index in [0.717, 1.165) is 4.47 Å². The van der Waals surface area contributed by atoms with Crippen LogP contribution in [0.5, 0.6) is 0 Å². The summed E-state index contributed by atoms with van der Waals surface area (Å²) in [7, 11) is 0. The number of aromatic nitrogens is 3. The van der Waals surface area contributed by atoms with E-state index in [0.29, 0.717) is 16.9 Å². The van der Waals surface area contributed by atoms with Crippen molar-refractivity contribution >= 4 is 38.7 Å². The monoisotopic (exact) mass is 239 g/mol. The van der Waals surface area contributed by atoms with Crippen LogP contribution < -0.4 is 11.5 Å². The van der Waals surface area contributed by atoms with Gasteiger partial charge in [0.25, 0.3) is 0 Å². The Labute approximate surface area is 82.3 Å². The van der Waals surface area contributed by atoms with Gasteiger partial charge >= 0.3 is 0 Å². The normalized spacial score (nSPS) is 10.5. The van der Waals surface area contributed by atoms with Crippen LogP contribution in [0.15, 0.2) is 16.7 Å². The lowest BCUT2D eigenvalue weighted by atomic mass is 10.3. The molecule has 0 radical (unpaired) electrons. The molecule has 0 aliphatic heterocycles. The molecular formula is C7H6BrN5. The maximum atomic E-state index is 5.63. The molecule has 0 fully saturated rings. The van der Waals surface area contributed by atoms with Crippen LogP contribution in [0.4, 0.5) is 11.8 Å². The number of halogens is 1. The number of hydrogen-bond acceptors (Lipinski definition) is 5. The minimum atomic E-state index is 0.139. The van der Waals surface area contributed by atoms with E-state index in [1.165, 1.54) is 0 Å². The van der Waals surface area contributed by atoms with E-state index in [1.807, 2.05) is 0 Å². The van der Waals surface area contributed by atoms with Gasteiger partial charge in [0, 0.05) is 10.7 Å². The van der Waals surface area contributed by atoms with Crippen LogP contribution in [0.25, 0.3) is 11.0 Å². The molecule has 0 saturated heterocycles. The Bertz CT molecular complexity index is 470. The number of rotatable bonds is 0. The molecular weight excluding hydrogens is 234 g/mol.